The Bertz CT molecular complexity index is 673. The smallest absolute Gasteiger partial charge is 0.319 e. The number of urea groups is 1. The van der Waals surface area contributed by atoms with Gasteiger partial charge < -0.3 is 20.5 Å². The quantitative estimate of drug-likeness (QED) is 0.631. The van der Waals surface area contributed by atoms with Crippen molar-refractivity contribution in [3.05, 3.63) is 27.2 Å². The molecule has 1 aromatic rings. The van der Waals surface area contributed by atoms with Gasteiger partial charge >= 0.3 is 6.03 Å². The zero-order valence-electron chi connectivity index (χ0n) is 15.0. The summed E-state index contributed by atoms with van der Waals surface area (Å²) in [5, 5.41) is 16.6. The van der Waals surface area contributed by atoms with Crippen molar-refractivity contribution in [1.29, 1.82) is 0 Å². The second-order valence-electron chi connectivity index (χ2n) is 7.36. The van der Waals surface area contributed by atoms with Crippen LogP contribution in [0.5, 0.6) is 0 Å². The van der Waals surface area contributed by atoms with Crippen LogP contribution in [0.2, 0.25) is 10.0 Å². The van der Waals surface area contributed by atoms with Crippen LogP contribution in [0.1, 0.15) is 56.6 Å². The van der Waals surface area contributed by atoms with Gasteiger partial charge in [0.1, 0.15) is 0 Å². The van der Waals surface area contributed by atoms with Crippen molar-refractivity contribution in [3.8, 4) is 0 Å². The number of aliphatic hydroxyl groups is 1. The molecular formula is C19H26Cl2N2O3. The molecule has 0 spiro atoms. The molecule has 1 atom stereocenters. The first-order chi connectivity index (χ1) is 12.4. The summed E-state index contributed by atoms with van der Waals surface area (Å²) in [5.74, 6) is 0. The molecule has 0 aromatic heterocycles. The van der Waals surface area contributed by atoms with Gasteiger partial charge in [-0.25, -0.2) is 4.79 Å². The minimum Gasteiger partial charge on any atom is -0.385 e. The summed E-state index contributed by atoms with van der Waals surface area (Å²) in [6.45, 7) is 2.67. The molecule has 1 fully saturated rings. The van der Waals surface area contributed by atoms with Gasteiger partial charge in [0.15, 0.2) is 0 Å². The van der Waals surface area contributed by atoms with Crippen molar-refractivity contribution in [2.75, 3.05) is 18.5 Å². The van der Waals surface area contributed by atoms with E-state index in [1.807, 2.05) is 0 Å². The van der Waals surface area contributed by atoms with Gasteiger partial charge in [0.2, 0.25) is 0 Å². The highest BCUT2D eigenvalue weighted by Crippen LogP contribution is 2.45. The van der Waals surface area contributed by atoms with Crippen LogP contribution >= 0.6 is 23.2 Å². The van der Waals surface area contributed by atoms with Gasteiger partial charge in [-0.3, -0.25) is 0 Å². The number of hydrogen-bond acceptors (Lipinski definition) is 3. The Hall–Kier alpha value is -1.01. The predicted octanol–water partition coefficient (Wildman–Crippen LogP) is 4.62. The van der Waals surface area contributed by atoms with E-state index in [4.69, 9.17) is 27.9 Å². The highest BCUT2D eigenvalue weighted by atomic mass is 35.5. The summed E-state index contributed by atoms with van der Waals surface area (Å²) in [6.07, 6.45) is 7.52. The topological polar surface area (TPSA) is 70.6 Å². The average molecular weight is 401 g/mol. The van der Waals surface area contributed by atoms with E-state index in [1.165, 1.54) is 19.3 Å². The second kappa shape index (κ2) is 8.34. The Balaban J connectivity index is 1.53. The number of nitrogens with one attached hydrogen (secondary N) is 2. The number of anilines is 1. The van der Waals surface area contributed by atoms with Crippen LogP contribution in [0.3, 0.4) is 0 Å². The lowest BCUT2D eigenvalue weighted by Gasteiger charge is -2.22. The maximum absolute atomic E-state index is 12.2. The normalized spacial score (nSPS) is 22.9. The summed E-state index contributed by atoms with van der Waals surface area (Å²) >= 11 is 12.7. The third-order valence-corrected chi connectivity index (χ3v) is 6.01. The van der Waals surface area contributed by atoms with Gasteiger partial charge in [0.05, 0.1) is 34.0 Å². The first kappa shape index (κ1) is 19.7. The molecule has 5 nitrogen and oxygen atoms in total. The van der Waals surface area contributed by atoms with Crippen molar-refractivity contribution in [2.45, 2.75) is 63.6 Å². The van der Waals surface area contributed by atoms with Crippen LogP contribution in [-0.2, 0) is 16.8 Å². The number of carbonyl (C=O) groups is 1. The number of fused-ring (bicyclic) bond motifs is 1. The molecule has 0 radical (unpaired) electrons. The molecule has 2 aliphatic rings. The summed E-state index contributed by atoms with van der Waals surface area (Å²) in [4.78, 5) is 12.2. The van der Waals surface area contributed by atoms with E-state index in [0.717, 1.165) is 24.0 Å². The lowest BCUT2D eigenvalue weighted by molar-refractivity contribution is 0.0313. The Morgan fingerprint density at radius 2 is 2.08 bits per heavy atom. The Morgan fingerprint density at radius 3 is 2.81 bits per heavy atom. The fourth-order valence-electron chi connectivity index (χ4n) is 3.78. The van der Waals surface area contributed by atoms with Crippen LogP contribution in [-0.4, -0.2) is 30.4 Å². The van der Waals surface area contributed by atoms with E-state index in [2.05, 4.69) is 10.6 Å². The number of hydrogen-bond donors (Lipinski definition) is 3. The first-order valence-electron chi connectivity index (χ1n) is 9.28. The molecular weight excluding hydrogens is 375 g/mol. The number of carbonyl (C=O) groups excluding carboxylic acids is 1. The van der Waals surface area contributed by atoms with Crippen LogP contribution in [0.15, 0.2) is 6.07 Å². The van der Waals surface area contributed by atoms with Crippen molar-refractivity contribution in [1.82, 2.24) is 5.32 Å². The first-order valence-corrected chi connectivity index (χ1v) is 10.0. The van der Waals surface area contributed by atoms with Crippen LogP contribution in [0.25, 0.3) is 0 Å². The second-order valence-corrected chi connectivity index (χ2v) is 8.14. The Morgan fingerprint density at radius 1 is 1.35 bits per heavy atom. The SMILES string of the molecule is CC1(O)CCc2c1cc(Cl)c(NC(=O)NCCOC1CCCCC1)c2Cl. The van der Waals surface area contributed by atoms with Gasteiger partial charge in [-0.1, -0.05) is 42.5 Å². The number of rotatable bonds is 5. The molecule has 26 heavy (non-hydrogen) atoms. The molecule has 1 unspecified atom stereocenters. The van der Waals surface area contributed by atoms with E-state index >= 15 is 0 Å². The number of benzene rings is 1. The Labute approximate surface area is 164 Å². The summed E-state index contributed by atoms with van der Waals surface area (Å²) in [5.41, 5.74) is 1.03. The molecule has 0 heterocycles. The summed E-state index contributed by atoms with van der Waals surface area (Å²) in [7, 11) is 0. The molecule has 0 bridgehead atoms. The van der Waals surface area contributed by atoms with Gasteiger partial charge in [-0.15, -0.1) is 0 Å². The predicted molar refractivity (Wildman–Crippen MR) is 104 cm³/mol. The summed E-state index contributed by atoms with van der Waals surface area (Å²) < 4.78 is 5.79. The number of ether oxygens (including phenoxy) is 1. The van der Waals surface area contributed by atoms with Crippen molar-refractivity contribution in [2.24, 2.45) is 0 Å². The maximum atomic E-state index is 12.2. The monoisotopic (exact) mass is 400 g/mol. The highest BCUT2D eigenvalue weighted by Gasteiger charge is 2.35. The largest absolute Gasteiger partial charge is 0.385 e. The zero-order valence-corrected chi connectivity index (χ0v) is 16.6. The lowest BCUT2D eigenvalue weighted by atomic mass is 9.98. The fourth-order valence-corrected chi connectivity index (χ4v) is 4.43. The van der Waals surface area contributed by atoms with E-state index in [0.29, 0.717) is 47.8 Å². The molecule has 0 saturated heterocycles. The van der Waals surface area contributed by atoms with Crippen LogP contribution in [0.4, 0.5) is 10.5 Å². The molecule has 7 heteroatoms. The van der Waals surface area contributed by atoms with Gasteiger partial charge in [0, 0.05) is 6.54 Å². The van der Waals surface area contributed by atoms with Crippen molar-refractivity contribution < 1.29 is 14.6 Å². The molecule has 144 valence electrons. The zero-order chi connectivity index (χ0) is 18.7. The molecule has 3 rings (SSSR count). The molecule has 2 amide bonds. The van der Waals surface area contributed by atoms with E-state index in [-0.39, 0.29) is 6.03 Å². The average Bonchev–Trinajstić information content (AvgIpc) is 2.91. The third kappa shape index (κ3) is 4.45. The third-order valence-electron chi connectivity index (χ3n) is 5.29. The molecule has 3 N–H and O–H groups in total. The van der Waals surface area contributed by atoms with Crippen LogP contribution < -0.4 is 10.6 Å². The number of halogens is 2. The molecule has 1 saturated carbocycles. The lowest BCUT2D eigenvalue weighted by Crippen LogP contribution is -2.33. The fraction of sp³-hybridized carbons (Fsp3) is 0.632. The summed E-state index contributed by atoms with van der Waals surface area (Å²) in [6, 6.07) is 1.32. The minimum absolute atomic E-state index is 0.321. The van der Waals surface area contributed by atoms with E-state index in [1.54, 1.807) is 13.0 Å². The Kier molecular flexibility index (Phi) is 6.33. The van der Waals surface area contributed by atoms with Crippen molar-refractivity contribution >= 4 is 34.9 Å². The molecule has 2 aliphatic carbocycles. The van der Waals surface area contributed by atoms with E-state index < -0.39 is 5.60 Å². The van der Waals surface area contributed by atoms with Gasteiger partial charge in [-0.05, 0) is 49.8 Å². The molecule has 1 aromatic carbocycles. The van der Waals surface area contributed by atoms with Crippen LogP contribution in [0, 0.1) is 0 Å². The highest BCUT2D eigenvalue weighted by molar-refractivity contribution is 6.40. The molecule has 0 aliphatic heterocycles. The maximum Gasteiger partial charge on any atom is 0.319 e. The van der Waals surface area contributed by atoms with Gasteiger partial charge in [-0.2, -0.15) is 0 Å². The van der Waals surface area contributed by atoms with E-state index in [9.17, 15) is 9.90 Å². The standard InChI is InChI=1S/C19H26Cl2N2O3/c1-19(25)8-7-13-14(19)11-15(20)17(16(13)21)23-18(24)22-9-10-26-12-5-3-2-4-6-12/h11-12,25H,2-10H2,1H3,(H2,22,23,24). The van der Waals surface area contributed by atoms with Gasteiger partial charge in [0.25, 0.3) is 0 Å². The minimum atomic E-state index is -0.931. The van der Waals surface area contributed by atoms with Crippen molar-refractivity contribution in [3.63, 3.8) is 0 Å². The number of amides is 2.